The lowest BCUT2D eigenvalue weighted by atomic mass is 9.85. The van der Waals surface area contributed by atoms with Crippen molar-refractivity contribution in [3.8, 4) is 11.5 Å². The smallest absolute Gasteiger partial charge is 0.249 e. The summed E-state index contributed by atoms with van der Waals surface area (Å²) in [4.78, 5) is 15.1. The molecule has 10 nitrogen and oxygen atoms in total. The molecule has 0 spiro atoms. The van der Waals surface area contributed by atoms with Crippen LogP contribution in [0.25, 0.3) is 0 Å². The van der Waals surface area contributed by atoms with Crippen molar-refractivity contribution in [2.24, 2.45) is 0 Å². The highest BCUT2D eigenvalue weighted by atomic mass is 16.5. The molecule has 2 unspecified atom stereocenters. The van der Waals surface area contributed by atoms with Gasteiger partial charge in [0, 0.05) is 39.3 Å². The fraction of sp³-hybridized carbons (Fsp3) is 0.581. The van der Waals surface area contributed by atoms with E-state index >= 15 is 0 Å². The number of benzene rings is 2. The van der Waals surface area contributed by atoms with E-state index in [-0.39, 0.29) is 48.5 Å². The van der Waals surface area contributed by atoms with Gasteiger partial charge in [-0.25, -0.2) is 0 Å². The molecule has 41 heavy (non-hydrogen) atoms. The van der Waals surface area contributed by atoms with Gasteiger partial charge < -0.3 is 44.3 Å². The van der Waals surface area contributed by atoms with E-state index in [4.69, 9.17) is 23.7 Å². The second-order valence-electron chi connectivity index (χ2n) is 10.8. The van der Waals surface area contributed by atoms with Gasteiger partial charge in [-0.1, -0.05) is 18.2 Å². The molecule has 2 aromatic carbocycles. The maximum Gasteiger partial charge on any atom is 0.249 e. The maximum absolute atomic E-state index is 13.2. The van der Waals surface area contributed by atoms with E-state index in [1.165, 1.54) is 0 Å². The van der Waals surface area contributed by atoms with Gasteiger partial charge in [0.15, 0.2) is 0 Å². The molecule has 2 fully saturated rings. The molecule has 226 valence electrons. The fourth-order valence-corrected chi connectivity index (χ4v) is 5.65. The van der Waals surface area contributed by atoms with Crippen LogP contribution in [0.15, 0.2) is 42.5 Å². The Labute approximate surface area is 243 Å². The Hall–Kier alpha value is -2.89. The summed E-state index contributed by atoms with van der Waals surface area (Å²) in [5, 5.41) is 17.0. The minimum atomic E-state index is -0.268. The molecule has 2 saturated heterocycles. The highest BCUT2D eigenvalue weighted by Gasteiger charge is 2.37. The van der Waals surface area contributed by atoms with Gasteiger partial charge in [0.25, 0.3) is 0 Å². The lowest BCUT2D eigenvalue weighted by molar-refractivity contribution is -0.153. The zero-order valence-corrected chi connectivity index (χ0v) is 24.6. The van der Waals surface area contributed by atoms with Crippen LogP contribution in [0.5, 0.6) is 11.5 Å². The van der Waals surface area contributed by atoms with Crippen molar-refractivity contribution < 1.29 is 33.6 Å². The molecular formula is C31H45N3O7. The number of morpholine rings is 1. The van der Waals surface area contributed by atoms with Gasteiger partial charge in [0.05, 0.1) is 56.9 Å². The number of hydrogen-bond donors (Lipinski definition) is 3. The third-order valence-electron chi connectivity index (χ3n) is 7.74. The van der Waals surface area contributed by atoms with Crippen molar-refractivity contribution in [1.82, 2.24) is 10.2 Å². The number of amides is 1. The molecule has 1 amide bonds. The van der Waals surface area contributed by atoms with Crippen molar-refractivity contribution in [2.75, 3.05) is 65.6 Å². The average molecular weight is 572 g/mol. The molecular weight excluding hydrogens is 526 g/mol. The first kappa shape index (κ1) is 31.1. The third-order valence-corrected chi connectivity index (χ3v) is 7.74. The largest absolute Gasteiger partial charge is 0.506 e. The standard InChI is InChI=1S/C31H45N3O7/c1-21-17-39-18-22(2)34(21)30(36)20-41-29-16-32-15-28(31(29)24-7-9-25(38-4)10-8-24)40-19-23-6-11-27(35)26(14-23)33-12-5-13-37-3/h6-11,14,21-22,28-29,31-33,35H,5,12-13,15-20H2,1-4H3/t21-,22?,28-,29+,31?/m0/s1. The molecule has 4 rings (SSSR count). The topological polar surface area (TPSA) is 111 Å². The zero-order valence-electron chi connectivity index (χ0n) is 24.6. The fourth-order valence-electron chi connectivity index (χ4n) is 5.65. The first-order valence-corrected chi connectivity index (χ1v) is 14.4. The Morgan fingerprint density at radius 1 is 1.05 bits per heavy atom. The minimum Gasteiger partial charge on any atom is -0.506 e. The SMILES string of the molecule is COCCCNc1cc(CO[C@H]2CNC[C@@H](OCC(=O)N3C(C)COC[C@@H]3C)C2c2ccc(OC)cc2)ccc1O. The predicted molar refractivity (Wildman–Crippen MR) is 157 cm³/mol. The average Bonchev–Trinajstić information content (AvgIpc) is 2.98. The lowest BCUT2D eigenvalue weighted by Crippen LogP contribution is -2.55. The molecule has 2 heterocycles. The number of hydrogen-bond acceptors (Lipinski definition) is 9. The van der Waals surface area contributed by atoms with Crippen molar-refractivity contribution >= 4 is 11.6 Å². The molecule has 0 bridgehead atoms. The second kappa shape index (κ2) is 15.4. The van der Waals surface area contributed by atoms with E-state index < -0.39 is 0 Å². The Morgan fingerprint density at radius 3 is 2.44 bits per heavy atom. The Balaban J connectivity index is 1.46. The number of nitrogens with zero attached hydrogens (tertiary/aromatic N) is 1. The van der Waals surface area contributed by atoms with Gasteiger partial charge in [-0.3, -0.25) is 4.79 Å². The molecule has 0 radical (unpaired) electrons. The number of anilines is 1. The maximum atomic E-state index is 13.2. The molecule has 3 N–H and O–H groups in total. The number of ether oxygens (including phenoxy) is 5. The van der Waals surface area contributed by atoms with Crippen LogP contribution in [-0.2, 0) is 30.3 Å². The number of carbonyl (C=O) groups excluding carboxylic acids is 1. The highest BCUT2D eigenvalue weighted by Crippen LogP contribution is 2.33. The van der Waals surface area contributed by atoms with E-state index in [0.29, 0.717) is 51.7 Å². The number of aromatic hydroxyl groups is 1. The Morgan fingerprint density at radius 2 is 1.76 bits per heavy atom. The summed E-state index contributed by atoms with van der Waals surface area (Å²) in [5.41, 5.74) is 2.68. The molecule has 2 aliphatic rings. The number of phenols is 1. The van der Waals surface area contributed by atoms with Crippen LogP contribution in [0.1, 0.15) is 37.3 Å². The van der Waals surface area contributed by atoms with E-state index in [2.05, 4.69) is 10.6 Å². The number of piperidine rings is 1. The quantitative estimate of drug-likeness (QED) is 0.247. The summed E-state index contributed by atoms with van der Waals surface area (Å²) in [6.45, 7) is 8.02. The van der Waals surface area contributed by atoms with Gasteiger partial charge in [-0.2, -0.15) is 0 Å². The summed E-state index contributed by atoms with van der Waals surface area (Å²) in [5.74, 6) is 0.846. The van der Waals surface area contributed by atoms with Crippen LogP contribution in [0.2, 0.25) is 0 Å². The van der Waals surface area contributed by atoms with E-state index in [1.807, 2.05) is 55.1 Å². The number of phenolic OH excluding ortho intramolecular Hbond substituents is 1. The lowest BCUT2D eigenvalue weighted by Gasteiger charge is -2.41. The number of carbonyl (C=O) groups is 1. The minimum absolute atomic E-state index is 0.00351. The molecule has 0 aromatic heterocycles. The molecule has 5 atom stereocenters. The van der Waals surface area contributed by atoms with E-state index in [0.717, 1.165) is 23.3 Å². The van der Waals surface area contributed by atoms with Crippen LogP contribution in [0.4, 0.5) is 5.69 Å². The van der Waals surface area contributed by atoms with Gasteiger partial charge in [-0.05, 0) is 55.7 Å². The summed E-state index contributed by atoms with van der Waals surface area (Å²) in [7, 11) is 3.32. The number of nitrogens with one attached hydrogen (secondary N) is 2. The predicted octanol–water partition coefficient (Wildman–Crippen LogP) is 3.14. The highest BCUT2D eigenvalue weighted by molar-refractivity contribution is 5.78. The summed E-state index contributed by atoms with van der Waals surface area (Å²) in [6, 6.07) is 13.4. The van der Waals surface area contributed by atoms with Gasteiger partial charge in [0.1, 0.15) is 18.1 Å². The Bertz CT molecular complexity index is 1090. The summed E-state index contributed by atoms with van der Waals surface area (Å²) >= 11 is 0. The summed E-state index contributed by atoms with van der Waals surface area (Å²) < 4.78 is 28.9. The van der Waals surface area contributed by atoms with Crippen LogP contribution in [0, 0.1) is 0 Å². The van der Waals surface area contributed by atoms with Crippen molar-refractivity contribution in [2.45, 2.75) is 57.1 Å². The van der Waals surface area contributed by atoms with Crippen LogP contribution in [0.3, 0.4) is 0 Å². The Kier molecular flexibility index (Phi) is 11.6. The first-order valence-electron chi connectivity index (χ1n) is 14.4. The van der Waals surface area contributed by atoms with E-state index in [1.54, 1.807) is 20.3 Å². The molecule has 10 heteroatoms. The normalized spacial score (nSPS) is 24.7. The van der Waals surface area contributed by atoms with Crippen LogP contribution < -0.4 is 15.4 Å². The molecule has 0 saturated carbocycles. The zero-order chi connectivity index (χ0) is 29.2. The van der Waals surface area contributed by atoms with Crippen LogP contribution >= 0.6 is 0 Å². The van der Waals surface area contributed by atoms with Crippen LogP contribution in [-0.4, -0.2) is 100 Å². The van der Waals surface area contributed by atoms with Gasteiger partial charge >= 0.3 is 0 Å². The second-order valence-corrected chi connectivity index (χ2v) is 10.8. The third kappa shape index (κ3) is 8.33. The van der Waals surface area contributed by atoms with Gasteiger partial charge in [-0.15, -0.1) is 0 Å². The number of methoxy groups -OCH3 is 2. The van der Waals surface area contributed by atoms with Crippen molar-refractivity contribution in [1.29, 1.82) is 0 Å². The molecule has 2 aromatic rings. The molecule has 0 aliphatic carbocycles. The first-order chi connectivity index (χ1) is 19.9. The monoisotopic (exact) mass is 571 g/mol. The number of rotatable bonds is 13. The molecule has 2 aliphatic heterocycles. The van der Waals surface area contributed by atoms with Crippen molar-refractivity contribution in [3.05, 3.63) is 53.6 Å². The van der Waals surface area contributed by atoms with Crippen molar-refractivity contribution in [3.63, 3.8) is 0 Å². The van der Waals surface area contributed by atoms with E-state index in [9.17, 15) is 9.90 Å². The van der Waals surface area contributed by atoms with Gasteiger partial charge in [0.2, 0.25) is 5.91 Å². The summed E-state index contributed by atoms with van der Waals surface area (Å²) in [6.07, 6.45) is 0.363.